The maximum Gasteiger partial charge on any atom is 0.350 e. The van der Waals surface area contributed by atoms with E-state index in [4.69, 9.17) is 12.4 Å². The van der Waals surface area contributed by atoms with E-state index in [-0.39, 0.29) is 29.3 Å². The molecule has 1 saturated heterocycles. The van der Waals surface area contributed by atoms with Gasteiger partial charge in [-0.2, -0.15) is 4.68 Å². The van der Waals surface area contributed by atoms with Crippen LogP contribution in [0.1, 0.15) is 37.8 Å². The number of halogens is 1. The van der Waals surface area contributed by atoms with Crippen LogP contribution in [0.3, 0.4) is 0 Å². The Morgan fingerprint density at radius 2 is 2.09 bits per heavy atom. The fraction of sp³-hybridized carbons (Fsp3) is 0.565. The fourth-order valence-electron chi connectivity index (χ4n) is 5.00. The van der Waals surface area contributed by atoms with E-state index in [1.807, 2.05) is 4.90 Å². The minimum atomic E-state index is -0.705. The number of nitrogens with one attached hydrogen (secondary N) is 2. The molecule has 182 valence electrons. The molecule has 4 N–H and O–H groups in total. The van der Waals surface area contributed by atoms with E-state index in [1.165, 1.54) is 17.6 Å². The summed E-state index contributed by atoms with van der Waals surface area (Å²) in [6.07, 6.45) is 2.39. The molecule has 2 atom stereocenters. The number of nitrogen functional groups attached to an aromatic ring is 1. The third-order valence-corrected chi connectivity index (χ3v) is 6.79. The molecule has 0 bridgehead atoms. The fourth-order valence-corrected chi connectivity index (χ4v) is 5.00. The van der Waals surface area contributed by atoms with Crippen molar-refractivity contribution in [1.29, 1.82) is 0 Å². The lowest BCUT2D eigenvalue weighted by molar-refractivity contribution is -0.119. The number of fused-ring (bicyclic) bond motifs is 1. The van der Waals surface area contributed by atoms with E-state index >= 15 is 4.39 Å². The van der Waals surface area contributed by atoms with Gasteiger partial charge in [-0.15, -0.1) is 0 Å². The summed E-state index contributed by atoms with van der Waals surface area (Å²) in [7, 11) is 0. The predicted octanol–water partition coefficient (Wildman–Crippen LogP) is 0.499. The van der Waals surface area contributed by atoms with Crippen molar-refractivity contribution in [2.75, 3.05) is 43.5 Å². The zero-order valence-electron chi connectivity index (χ0n) is 19.4. The molecule has 0 radical (unpaired) electrons. The first-order chi connectivity index (χ1) is 16.2. The van der Waals surface area contributed by atoms with E-state index in [0.717, 1.165) is 19.3 Å². The topological polar surface area (TPSA) is 119 Å². The number of carbonyl (C=O) groups is 1. The average molecular weight is 472 g/mol. The van der Waals surface area contributed by atoms with Crippen LogP contribution in [-0.4, -0.2) is 53.9 Å². The first kappa shape index (κ1) is 23.8. The lowest BCUT2D eigenvalue weighted by Gasteiger charge is -2.27. The maximum absolute atomic E-state index is 15.4. The van der Waals surface area contributed by atoms with Crippen LogP contribution in [0.5, 0.6) is 0 Å². The summed E-state index contributed by atoms with van der Waals surface area (Å²) in [6, 6.07) is 1.09. The van der Waals surface area contributed by atoms with Crippen molar-refractivity contribution in [3.63, 3.8) is 0 Å². The van der Waals surface area contributed by atoms with Crippen LogP contribution in [0.25, 0.3) is 15.7 Å². The summed E-state index contributed by atoms with van der Waals surface area (Å²) in [5.74, 6) is 5.17. The molecule has 1 saturated carbocycles. The van der Waals surface area contributed by atoms with Gasteiger partial charge in [-0.05, 0) is 38.2 Å². The van der Waals surface area contributed by atoms with E-state index in [0.29, 0.717) is 54.2 Å². The summed E-state index contributed by atoms with van der Waals surface area (Å²) in [6.45, 7) is 12.6. The normalized spacial score (nSPS) is 18.8. The second-order valence-corrected chi connectivity index (χ2v) is 9.16. The quantitative estimate of drug-likeness (QED) is 0.293. The summed E-state index contributed by atoms with van der Waals surface area (Å²) in [4.78, 5) is 42.2. The Kier molecular flexibility index (Phi) is 6.61. The SMILES string of the molecule is [C-]#[N+]CCNC(CNC(C)=O)C1CCN(c2c(F)cc3c(=O)n(N)c(=O)n(C4CC4)c3c2C)C1. The Hall–Kier alpha value is -3.39. The van der Waals surface area contributed by atoms with Gasteiger partial charge in [-0.1, -0.05) is 0 Å². The maximum atomic E-state index is 15.4. The third-order valence-electron chi connectivity index (χ3n) is 6.79. The van der Waals surface area contributed by atoms with Crippen molar-refractivity contribution >= 4 is 22.5 Å². The van der Waals surface area contributed by atoms with Gasteiger partial charge in [-0.25, -0.2) is 15.8 Å². The van der Waals surface area contributed by atoms with Gasteiger partial charge in [0, 0.05) is 44.2 Å². The second kappa shape index (κ2) is 9.46. The predicted molar refractivity (Wildman–Crippen MR) is 128 cm³/mol. The third kappa shape index (κ3) is 4.37. The van der Waals surface area contributed by atoms with Crippen LogP contribution >= 0.6 is 0 Å². The highest BCUT2D eigenvalue weighted by atomic mass is 19.1. The van der Waals surface area contributed by atoms with E-state index in [9.17, 15) is 14.4 Å². The number of aryl methyl sites for hydroxylation is 1. The monoisotopic (exact) mass is 471 g/mol. The molecule has 2 fully saturated rings. The van der Waals surface area contributed by atoms with Crippen LogP contribution in [0.15, 0.2) is 15.7 Å². The molecule has 1 aliphatic carbocycles. The van der Waals surface area contributed by atoms with Gasteiger partial charge >= 0.3 is 5.69 Å². The van der Waals surface area contributed by atoms with Gasteiger partial charge in [-0.3, -0.25) is 14.2 Å². The molecule has 1 aliphatic heterocycles. The number of amides is 1. The molecule has 1 aromatic carbocycles. The highest BCUT2D eigenvalue weighted by Gasteiger charge is 2.34. The Morgan fingerprint density at radius 3 is 2.74 bits per heavy atom. The molecule has 1 amide bonds. The van der Waals surface area contributed by atoms with Gasteiger partial charge in [0.2, 0.25) is 12.5 Å². The van der Waals surface area contributed by atoms with Gasteiger partial charge in [0.25, 0.3) is 5.56 Å². The highest BCUT2D eigenvalue weighted by Crippen LogP contribution is 2.39. The summed E-state index contributed by atoms with van der Waals surface area (Å²) in [5, 5.41) is 6.29. The van der Waals surface area contributed by atoms with Crippen LogP contribution in [0, 0.1) is 25.2 Å². The van der Waals surface area contributed by atoms with E-state index in [1.54, 1.807) is 6.92 Å². The number of hydrogen-bond acceptors (Lipinski definition) is 6. The van der Waals surface area contributed by atoms with E-state index < -0.39 is 17.1 Å². The molecule has 11 heteroatoms. The Morgan fingerprint density at radius 1 is 1.35 bits per heavy atom. The minimum absolute atomic E-state index is 0.0394. The van der Waals surface area contributed by atoms with Crippen molar-refractivity contribution in [3.05, 3.63) is 49.7 Å². The van der Waals surface area contributed by atoms with Crippen molar-refractivity contribution in [2.24, 2.45) is 5.92 Å². The molecule has 2 heterocycles. The molecule has 34 heavy (non-hydrogen) atoms. The standard InChI is InChI=1S/C23H30FN7O3/c1-13-20-17(22(33)31(25)23(34)30(20)16-4-5-16)10-18(24)21(13)29-9-6-15(12-29)19(11-28-14(2)32)27-8-7-26-3/h10,15-16,19,27H,4-9,11-12,25H2,1-2H3,(H,28,32). The van der Waals surface area contributed by atoms with Gasteiger partial charge in [0.15, 0.2) is 0 Å². The number of benzene rings is 1. The molecular weight excluding hydrogens is 441 g/mol. The number of carbonyl (C=O) groups excluding carboxylic acids is 1. The van der Waals surface area contributed by atoms with Crippen LogP contribution in [-0.2, 0) is 4.79 Å². The molecule has 1 aromatic heterocycles. The van der Waals surface area contributed by atoms with E-state index in [2.05, 4.69) is 15.5 Å². The van der Waals surface area contributed by atoms with Gasteiger partial charge < -0.3 is 26.2 Å². The molecule has 4 rings (SSSR count). The van der Waals surface area contributed by atoms with Crippen LogP contribution in [0.4, 0.5) is 10.1 Å². The summed E-state index contributed by atoms with van der Waals surface area (Å²) < 4.78 is 17.5. The minimum Gasteiger partial charge on any atom is -0.369 e. The molecule has 2 unspecified atom stereocenters. The number of rotatable bonds is 8. The lowest BCUT2D eigenvalue weighted by Crippen LogP contribution is -2.46. The zero-order chi connectivity index (χ0) is 24.6. The van der Waals surface area contributed by atoms with Crippen molar-refractivity contribution in [3.8, 4) is 0 Å². The smallest absolute Gasteiger partial charge is 0.350 e. The molecular formula is C23H30FN7O3. The second-order valence-electron chi connectivity index (χ2n) is 9.16. The number of aromatic nitrogens is 2. The number of anilines is 1. The van der Waals surface area contributed by atoms with Crippen LogP contribution < -0.4 is 32.6 Å². The van der Waals surface area contributed by atoms with Crippen molar-refractivity contribution in [2.45, 2.75) is 45.2 Å². The zero-order valence-corrected chi connectivity index (χ0v) is 19.4. The Labute approximate surface area is 196 Å². The number of hydrogen-bond donors (Lipinski definition) is 3. The Balaban J connectivity index is 1.69. The average Bonchev–Trinajstić information content (AvgIpc) is 3.52. The van der Waals surface area contributed by atoms with Crippen LogP contribution in [0.2, 0.25) is 0 Å². The lowest BCUT2D eigenvalue weighted by atomic mass is 9.98. The van der Waals surface area contributed by atoms with Crippen molar-refractivity contribution in [1.82, 2.24) is 19.9 Å². The molecule has 0 spiro atoms. The Bertz CT molecular complexity index is 1270. The van der Waals surface area contributed by atoms with Gasteiger partial charge in [0.05, 0.1) is 23.1 Å². The summed E-state index contributed by atoms with van der Waals surface area (Å²) >= 11 is 0. The first-order valence-electron chi connectivity index (χ1n) is 11.6. The highest BCUT2D eigenvalue weighted by molar-refractivity contribution is 5.87. The first-order valence-corrected chi connectivity index (χ1v) is 11.6. The van der Waals surface area contributed by atoms with Gasteiger partial charge in [0.1, 0.15) is 5.82 Å². The number of nitrogens with zero attached hydrogens (tertiary/aromatic N) is 4. The molecule has 10 nitrogen and oxygen atoms in total. The molecule has 2 aromatic rings. The number of nitrogens with two attached hydrogens (primary N) is 1. The summed E-state index contributed by atoms with van der Waals surface area (Å²) in [5.41, 5.74) is 0.0987. The largest absolute Gasteiger partial charge is 0.369 e. The van der Waals surface area contributed by atoms with Crippen molar-refractivity contribution < 1.29 is 9.18 Å². The molecule has 2 aliphatic rings.